The molecular formula is C28H46O4. The molecule has 182 valence electrons. The van der Waals surface area contributed by atoms with E-state index < -0.39 is 17.8 Å². The average molecular weight is 447 g/mol. The van der Waals surface area contributed by atoms with Gasteiger partial charge in [0.25, 0.3) is 0 Å². The van der Waals surface area contributed by atoms with E-state index in [1.165, 1.54) is 12.0 Å². The molecule has 4 heteroatoms. The second-order valence-corrected chi connectivity index (χ2v) is 12.4. The predicted molar refractivity (Wildman–Crippen MR) is 128 cm³/mol. The number of aliphatic hydroxyl groups is 4. The molecule has 4 nitrogen and oxygen atoms in total. The van der Waals surface area contributed by atoms with Crippen LogP contribution >= 0.6 is 0 Å². The Morgan fingerprint density at radius 1 is 1.00 bits per heavy atom. The monoisotopic (exact) mass is 446 g/mol. The van der Waals surface area contributed by atoms with Crippen molar-refractivity contribution < 1.29 is 20.4 Å². The summed E-state index contributed by atoms with van der Waals surface area (Å²) in [6, 6.07) is 0. The van der Waals surface area contributed by atoms with Gasteiger partial charge in [-0.2, -0.15) is 0 Å². The molecule has 0 aliphatic heterocycles. The Kier molecular flexibility index (Phi) is 6.51. The van der Waals surface area contributed by atoms with Crippen molar-refractivity contribution in [3.05, 3.63) is 23.8 Å². The van der Waals surface area contributed by atoms with Crippen LogP contribution in [-0.4, -0.2) is 44.8 Å². The molecule has 4 aliphatic rings. The summed E-state index contributed by atoms with van der Waals surface area (Å²) in [5.41, 5.74) is 0.0321. The van der Waals surface area contributed by atoms with Gasteiger partial charge < -0.3 is 20.4 Å². The Hall–Kier alpha value is -0.680. The highest BCUT2D eigenvalue weighted by Gasteiger charge is 2.64. The molecule has 4 aliphatic carbocycles. The maximum atomic E-state index is 11.6. The minimum Gasteiger partial charge on any atom is -0.396 e. The third kappa shape index (κ3) is 3.56. The summed E-state index contributed by atoms with van der Waals surface area (Å²) < 4.78 is 0. The topological polar surface area (TPSA) is 80.9 Å². The van der Waals surface area contributed by atoms with Gasteiger partial charge in [-0.1, -0.05) is 58.4 Å². The van der Waals surface area contributed by atoms with Crippen LogP contribution in [0.25, 0.3) is 0 Å². The van der Waals surface area contributed by atoms with Gasteiger partial charge in [0.05, 0.1) is 6.10 Å². The van der Waals surface area contributed by atoms with Crippen LogP contribution in [-0.2, 0) is 0 Å². The fraction of sp³-hybridized carbons (Fsp3) is 0.857. The molecule has 4 rings (SSSR count). The van der Waals surface area contributed by atoms with Crippen molar-refractivity contribution in [2.24, 2.45) is 46.3 Å². The molecule has 0 bridgehead atoms. The quantitative estimate of drug-likeness (QED) is 0.470. The number of allylic oxidation sites excluding steroid dienone is 3. The first-order chi connectivity index (χ1) is 15.0. The Balaban J connectivity index is 1.59. The van der Waals surface area contributed by atoms with Gasteiger partial charge in [0.15, 0.2) is 0 Å². The third-order valence-electron chi connectivity index (χ3n) is 10.9. The van der Waals surface area contributed by atoms with E-state index in [2.05, 4.69) is 46.8 Å². The van der Waals surface area contributed by atoms with E-state index in [1.54, 1.807) is 0 Å². The van der Waals surface area contributed by atoms with Crippen LogP contribution in [0, 0.1) is 46.3 Å². The van der Waals surface area contributed by atoms with E-state index >= 15 is 0 Å². The van der Waals surface area contributed by atoms with Crippen molar-refractivity contribution in [3.8, 4) is 0 Å². The molecule has 0 saturated heterocycles. The molecule has 3 fully saturated rings. The van der Waals surface area contributed by atoms with E-state index in [0.29, 0.717) is 36.0 Å². The van der Waals surface area contributed by atoms with Crippen LogP contribution in [0.3, 0.4) is 0 Å². The molecule has 0 aromatic heterocycles. The van der Waals surface area contributed by atoms with E-state index in [4.69, 9.17) is 0 Å². The first kappa shape index (κ1) is 24.4. The van der Waals surface area contributed by atoms with E-state index in [-0.39, 0.29) is 29.8 Å². The Morgan fingerprint density at radius 3 is 2.41 bits per heavy atom. The molecule has 0 amide bonds. The summed E-state index contributed by atoms with van der Waals surface area (Å²) in [7, 11) is 0. The van der Waals surface area contributed by atoms with Crippen LogP contribution in [0.4, 0.5) is 0 Å². The van der Waals surface area contributed by atoms with E-state index in [1.807, 2.05) is 6.08 Å². The zero-order valence-electron chi connectivity index (χ0n) is 20.8. The Morgan fingerprint density at radius 2 is 1.72 bits per heavy atom. The molecule has 0 heterocycles. The van der Waals surface area contributed by atoms with Crippen molar-refractivity contribution >= 4 is 0 Å². The largest absolute Gasteiger partial charge is 0.396 e. The van der Waals surface area contributed by atoms with Crippen LogP contribution in [0.2, 0.25) is 0 Å². The normalized spacial score (nSPS) is 49.0. The molecule has 4 N–H and O–H groups in total. The number of hydrogen-bond acceptors (Lipinski definition) is 4. The van der Waals surface area contributed by atoms with Crippen LogP contribution < -0.4 is 0 Å². The number of hydrogen-bond donors (Lipinski definition) is 4. The van der Waals surface area contributed by atoms with Gasteiger partial charge in [-0.25, -0.2) is 0 Å². The van der Waals surface area contributed by atoms with Crippen molar-refractivity contribution in [2.75, 3.05) is 6.61 Å². The highest BCUT2D eigenvalue weighted by Crippen LogP contribution is 2.67. The van der Waals surface area contributed by atoms with Gasteiger partial charge in [0.2, 0.25) is 0 Å². The minimum absolute atomic E-state index is 0.220. The lowest BCUT2D eigenvalue weighted by Gasteiger charge is -2.62. The summed E-state index contributed by atoms with van der Waals surface area (Å²) in [6.07, 6.45) is 11.6. The van der Waals surface area contributed by atoms with E-state index in [9.17, 15) is 20.4 Å². The predicted octanol–water partition coefficient (Wildman–Crippen LogP) is 4.47. The van der Waals surface area contributed by atoms with Crippen molar-refractivity contribution in [3.63, 3.8) is 0 Å². The summed E-state index contributed by atoms with van der Waals surface area (Å²) in [4.78, 5) is 0. The molecule has 0 radical (unpaired) electrons. The molecule has 3 saturated carbocycles. The Bertz CT molecular complexity index is 761. The number of rotatable bonds is 5. The van der Waals surface area contributed by atoms with Crippen LogP contribution in [0.1, 0.15) is 79.6 Å². The fourth-order valence-electron chi connectivity index (χ4n) is 8.29. The summed E-state index contributed by atoms with van der Waals surface area (Å²) >= 11 is 0. The SMILES string of the molecule is CC(/C=C/[C@@H](C)[C@H]1CC[C@H]2C3=C[C@@H](O)[C@@]4(O)C[C@@H](O)CC[C@]4(C)[C@H]3CC[C@]12C)C(C)CO. The third-order valence-corrected chi connectivity index (χ3v) is 10.9. The maximum absolute atomic E-state index is 11.6. The van der Waals surface area contributed by atoms with Crippen molar-refractivity contribution in [1.82, 2.24) is 0 Å². The van der Waals surface area contributed by atoms with Gasteiger partial charge in [-0.05, 0) is 79.4 Å². The summed E-state index contributed by atoms with van der Waals surface area (Å²) in [6.45, 7) is 11.5. The first-order valence-electron chi connectivity index (χ1n) is 13.1. The van der Waals surface area contributed by atoms with Crippen LogP contribution in [0.5, 0.6) is 0 Å². The van der Waals surface area contributed by atoms with Crippen molar-refractivity contribution in [1.29, 1.82) is 0 Å². The Labute approximate surface area is 194 Å². The first-order valence-corrected chi connectivity index (χ1v) is 13.1. The molecule has 0 spiro atoms. The van der Waals surface area contributed by atoms with Gasteiger partial charge in [-0.15, -0.1) is 0 Å². The molecule has 11 atom stereocenters. The lowest BCUT2D eigenvalue weighted by Crippen LogP contribution is -2.65. The van der Waals surface area contributed by atoms with E-state index in [0.717, 1.165) is 25.7 Å². The highest BCUT2D eigenvalue weighted by molar-refractivity contribution is 5.33. The lowest BCUT2D eigenvalue weighted by atomic mass is 9.45. The second kappa shape index (κ2) is 8.52. The molecule has 0 aromatic rings. The van der Waals surface area contributed by atoms with Gasteiger partial charge >= 0.3 is 0 Å². The highest BCUT2D eigenvalue weighted by atomic mass is 16.3. The standard InChI is InChI=1S/C28H46O4/c1-17(19(3)16-29)6-7-18(2)22-8-9-23-21-14-25(31)28(32)15-20(30)10-13-27(28,5)24(21)11-12-26(22,23)4/h6-7,14,17-20,22-25,29-32H,8-13,15-16H2,1-5H3/b7-6+/t17?,18-,19?,20+,22-,23+,24+,25-,26-,27-,28+/m1/s1. The fourth-order valence-corrected chi connectivity index (χ4v) is 8.29. The maximum Gasteiger partial charge on any atom is 0.102 e. The lowest BCUT2D eigenvalue weighted by molar-refractivity contribution is -0.210. The van der Waals surface area contributed by atoms with Gasteiger partial charge in [-0.3, -0.25) is 0 Å². The van der Waals surface area contributed by atoms with Crippen LogP contribution in [0.15, 0.2) is 23.8 Å². The van der Waals surface area contributed by atoms with Crippen molar-refractivity contribution in [2.45, 2.75) is 97.4 Å². The zero-order valence-corrected chi connectivity index (χ0v) is 20.8. The molecular weight excluding hydrogens is 400 g/mol. The zero-order chi connectivity index (χ0) is 23.5. The average Bonchev–Trinajstić information content (AvgIpc) is 3.11. The summed E-state index contributed by atoms with van der Waals surface area (Å²) in [5, 5.41) is 42.4. The van der Waals surface area contributed by atoms with Gasteiger partial charge in [0.1, 0.15) is 11.7 Å². The molecule has 0 aromatic carbocycles. The minimum atomic E-state index is -1.22. The number of fused-ring (bicyclic) bond motifs is 5. The molecule has 32 heavy (non-hydrogen) atoms. The smallest absolute Gasteiger partial charge is 0.102 e. The molecule has 2 unspecified atom stereocenters. The number of aliphatic hydroxyl groups excluding tert-OH is 3. The summed E-state index contributed by atoms with van der Waals surface area (Å²) in [5.74, 6) is 2.53. The second-order valence-electron chi connectivity index (χ2n) is 12.4. The van der Waals surface area contributed by atoms with Gasteiger partial charge in [0, 0.05) is 18.4 Å².